The Hall–Kier alpha value is -4.34. The zero-order valence-electron chi connectivity index (χ0n) is 22.3. The molecule has 1 aliphatic heterocycles. The van der Waals surface area contributed by atoms with Gasteiger partial charge in [-0.1, -0.05) is 24.3 Å². The maximum atomic E-state index is 14.0. The van der Waals surface area contributed by atoms with Crippen molar-refractivity contribution >= 4 is 35.1 Å². The van der Waals surface area contributed by atoms with Crippen molar-refractivity contribution in [3.05, 3.63) is 113 Å². The van der Waals surface area contributed by atoms with Crippen LogP contribution in [0.1, 0.15) is 45.2 Å². The molecule has 3 aromatic carbocycles. The minimum absolute atomic E-state index is 0.0742. The molecule has 41 heavy (non-hydrogen) atoms. The number of carbonyl (C=O) groups excluding carboxylic acids is 3. The first kappa shape index (κ1) is 28.2. The van der Waals surface area contributed by atoms with Crippen molar-refractivity contribution in [1.29, 1.82) is 0 Å². The van der Waals surface area contributed by atoms with Crippen LogP contribution in [0.2, 0.25) is 0 Å². The highest BCUT2D eigenvalue weighted by Crippen LogP contribution is 2.33. The summed E-state index contributed by atoms with van der Waals surface area (Å²) in [7, 11) is 0. The number of Topliss-reactive ketones (excluding diaryl/α,β-unsaturated/α-hetero) is 1. The minimum Gasteiger partial charge on any atom is -0.462 e. The molecule has 0 saturated carbocycles. The third-order valence-corrected chi connectivity index (χ3v) is 8.03. The molecule has 3 N–H and O–H groups in total. The highest BCUT2D eigenvalue weighted by molar-refractivity contribution is 8.00. The van der Waals surface area contributed by atoms with Gasteiger partial charge in [-0.15, -0.1) is 11.8 Å². The van der Waals surface area contributed by atoms with Crippen molar-refractivity contribution in [2.24, 2.45) is 5.73 Å². The monoisotopic (exact) mass is 569 g/mol. The molecule has 5 rings (SSSR count). The molecular weight excluding hydrogens is 541 g/mol. The van der Waals surface area contributed by atoms with Crippen LogP contribution >= 0.6 is 11.8 Å². The third kappa shape index (κ3) is 6.70. The Morgan fingerprint density at radius 2 is 1.85 bits per heavy atom. The lowest BCUT2D eigenvalue weighted by Gasteiger charge is -2.13. The molecule has 0 radical (unpaired) electrons. The predicted octanol–water partition coefficient (Wildman–Crippen LogP) is 5.82. The summed E-state index contributed by atoms with van der Waals surface area (Å²) in [4.78, 5) is 42.6. The van der Waals surface area contributed by atoms with E-state index in [1.165, 1.54) is 24.0 Å². The standard InChI is InChI=1S/C32H28FN3O4S/c1-19-13-30(32(39)40-19)41-26-9-7-25(8-10-26)36-31(38)23-4-2-3-20(14-23)27-15-22(5-6-24(27)17-34)29(37)16-21-11-12-35-18-28(21)33/h2-12,14-15,18-19,30H,13,16-17,34H2,1H3,(H,36,38). The number of hydrogen-bond donors (Lipinski definition) is 2. The quantitative estimate of drug-likeness (QED) is 0.193. The van der Waals surface area contributed by atoms with E-state index in [0.717, 1.165) is 27.8 Å². The lowest BCUT2D eigenvalue weighted by Crippen LogP contribution is -2.12. The van der Waals surface area contributed by atoms with Gasteiger partial charge in [-0.2, -0.15) is 0 Å². The normalized spacial score (nSPS) is 16.3. The Morgan fingerprint density at radius 1 is 1.05 bits per heavy atom. The number of benzene rings is 3. The molecule has 2 unspecified atom stereocenters. The third-order valence-electron chi connectivity index (χ3n) is 6.81. The summed E-state index contributed by atoms with van der Waals surface area (Å²) in [5.74, 6) is -1.26. The zero-order chi connectivity index (χ0) is 28.9. The van der Waals surface area contributed by atoms with Crippen LogP contribution in [-0.2, 0) is 22.5 Å². The van der Waals surface area contributed by atoms with Gasteiger partial charge >= 0.3 is 5.97 Å². The number of carbonyl (C=O) groups is 3. The van der Waals surface area contributed by atoms with E-state index in [1.807, 2.05) is 25.1 Å². The molecule has 2 atom stereocenters. The number of rotatable bonds is 9. The zero-order valence-corrected chi connectivity index (χ0v) is 23.1. The second-order valence-electron chi connectivity index (χ2n) is 9.79. The summed E-state index contributed by atoms with van der Waals surface area (Å²) in [6.45, 7) is 2.12. The lowest BCUT2D eigenvalue weighted by atomic mass is 9.93. The smallest absolute Gasteiger partial charge is 0.319 e. The molecule has 0 bridgehead atoms. The van der Waals surface area contributed by atoms with Gasteiger partial charge in [-0.3, -0.25) is 19.4 Å². The van der Waals surface area contributed by atoms with Crippen molar-refractivity contribution in [1.82, 2.24) is 4.98 Å². The Morgan fingerprint density at radius 3 is 2.56 bits per heavy atom. The Labute approximate surface area is 241 Å². The number of nitrogens with two attached hydrogens (primary N) is 1. The summed E-state index contributed by atoms with van der Waals surface area (Å²) < 4.78 is 19.3. The molecule has 9 heteroatoms. The fourth-order valence-electron chi connectivity index (χ4n) is 4.65. The van der Waals surface area contributed by atoms with Crippen LogP contribution < -0.4 is 11.1 Å². The summed E-state index contributed by atoms with van der Waals surface area (Å²) in [6.07, 6.45) is 3.04. The van der Waals surface area contributed by atoms with Gasteiger partial charge in [0.1, 0.15) is 17.2 Å². The number of hydrogen-bond acceptors (Lipinski definition) is 7. The molecular formula is C32H28FN3O4S. The summed E-state index contributed by atoms with van der Waals surface area (Å²) in [6, 6.07) is 21.1. The van der Waals surface area contributed by atoms with E-state index in [1.54, 1.807) is 48.5 Å². The van der Waals surface area contributed by atoms with Gasteiger partial charge in [0.05, 0.1) is 6.20 Å². The number of nitrogens with zero attached hydrogens (tertiary/aromatic N) is 1. The van der Waals surface area contributed by atoms with Crippen LogP contribution in [0.25, 0.3) is 11.1 Å². The molecule has 1 aromatic heterocycles. The summed E-state index contributed by atoms with van der Waals surface area (Å²) in [5, 5.41) is 2.68. The van der Waals surface area contributed by atoms with Crippen molar-refractivity contribution in [2.45, 2.75) is 42.6 Å². The Balaban J connectivity index is 1.31. The Kier molecular flexibility index (Phi) is 8.56. The number of nitrogens with one attached hydrogen (secondary N) is 1. The first-order chi connectivity index (χ1) is 19.8. The molecule has 1 amide bonds. The predicted molar refractivity (Wildman–Crippen MR) is 156 cm³/mol. The molecule has 0 spiro atoms. The van der Waals surface area contributed by atoms with E-state index in [-0.39, 0.29) is 47.5 Å². The second kappa shape index (κ2) is 12.4. The summed E-state index contributed by atoms with van der Waals surface area (Å²) in [5.41, 5.74) is 9.99. The van der Waals surface area contributed by atoms with E-state index in [0.29, 0.717) is 23.2 Å². The maximum Gasteiger partial charge on any atom is 0.319 e. The minimum atomic E-state index is -0.528. The van der Waals surface area contributed by atoms with Gasteiger partial charge in [0, 0.05) is 47.3 Å². The fraction of sp³-hybridized carbons (Fsp3) is 0.188. The first-order valence-corrected chi connectivity index (χ1v) is 14.0. The first-order valence-electron chi connectivity index (χ1n) is 13.1. The van der Waals surface area contributed by atoms with Gasteiger partial charge in [0.15, 0.2) is 5.78 Å². The van der Waals surface area contributed by atoms with Gasteiger partial charge in [-0.05, 0) is 77.7 Å². The summed E-state index contributed by atoms with van der Waals surface area (Å²) >= 11 is 1.45. The van der Waals surface area contributed by atoms with Crippen molar-refractivity contribution in [2.75, 3.05) is 5.32 Å². The Bertz CT molecular complexity index is 1610. The number of ether oxygens (including phenoxy) is 1. The number of pyridine rings is 1. The van der Waals surface area contributed by atoms with Crippen LogP contribution in [0.4, 0.5) is 10.1 Å². The molecule has 208 valence electrons. The van der Waals surface area contributed by atoms with Crippen LogP contribution in [-0.4, -0.2) is 34.0 Å². The molecule has 4 aromatic rings. The number of thioether (sulfide) groups is 1. The van der Waals surface area contributed by atoms with Crippen molar-refractivity contribution in [3.8, 4) is 11.1 Å². The number of halogens is 1. The van der Waals surface area contributed by atoms with Crippen LogP contribution in [0.5, 0.6) is 0 Å². The average Bonchev–Trinajstić information content (AvgIpc) is 3.30. The van der Waals surface area contributed by atoms with Crippen molar-refractivity contribution in [3.63, 3.8) is 0 Å². The van der Waals surface area contributed by atoms with Crippen LogP contribution in [0, 0.1) is 5.82 Å². The molecule has 0 aliphatic carbocycles. The van der Waals surface area contributed by atoms with E-state index < -0.39 is 5.82 Å². The molecule has 1 saturated heterocycles. The number of anilines is 1. The molecule has 7 nitrogen and oxygen atoms in total. The maximum absolute atomic E-state index is 14.0. The van der Waals surface area contributed by atoms with Crippen molar-refractivity contribution < 1.29 is 23.5 Å². The van der Waals surface area contributed by atoms with E-state index in [2.05, 4.69) is 10.3 Å². The average molecular weight is 570 g/mol. The fourth-order valence-corrected chi connectivity index (χ4v) is 5.79. The van der Waals surface area contributed by atoms with Gasteiger partial charge < -0.3 is 15.8 Å². The largest absolute Gasteiger partial charge is 0.462 e. The van der Waals surface area contributed by atoms with E-state index in [4.69, 9.17) is 10.5 Å². The van der Waals surface area contributed by atoms with Gasteiger partial charge in [-0.25, -0.2) is 4.39 Å². The molecule has 1 fully saturated rings. The molecule has 2 heterocycles. The SMILES string of the molecule is CC1CC(Sc2ccc(NC(=O)c3cccc(-c4cc(C(=O)Cc5ccncc5F)ccc4CN)c3)cc2)C(=O)O1. The number of aromatic nitrogens is 1. The van der Waals surface area contributed by atoms with Crippen LogP contribution in [0.3, 0.4) is 0 Å². The van der Waals surface area contributed by atoms with E-state index in [9.17, 15) is 18.8 Å². The highest BCUT2D eigenvalue weighted by Gasteiger charge is 2.32. The van der Waals surface area contributed by atoms with E-state index >= 15 is 0 Å². The van der Waals surface area contributed by atoms with Gasteiger partial charge in [0.25, 0.3) is 5.91 Å². The number of ketones is 1. The van der Waals surface area contributed by atoms with Crippen LogP contribution in [0.15, 0.2) is 90.1 Å². The highest BCUT2D eigenvalue weighted by atomic mass is 32.2. The second-order valence-corrected chi connectivity index (χ2v) is 11.1. The lowest BCUT2D eigenvalue weighted by molar-refractivity contribution is -0.140. The number of cyclic esters (lactones) is 1. The number of esters is 1. The topological polar surface area (TPSA) is 111 Å². The molecule has 1 aliphatic rings. The van der Waals surface area contributed by atoms with Gasteiger partial charge in [0.2, 0.25) is 0 Å². The number of amides is 1.